The molecule has 0 radical (unpaired) electrons. The van der Waals surface area contributed by atoms with Crippen LogP contribution in [0.15, 0.2) is 59.7 Å². The van der Waals surface area contributed by atoms with Crippen LogP contribution in [0.1, 0.15) is 29.6 Å². The first-order chi connectivity index (χ1) is 19.8. The van der Waals surface area contributed by atoms with E-state index in [1.807, 2.05) is 42.1 Å². The number of carbonyl (C=O) groups excluding carboxylic acids is 2. The fraction of sp³-hybridized carbons (Fsp3) is 0.267. The van der Waals surface area contributed by atoms with Gasteiger partial charge in [-0.15, -0.1) is 0 Å². The minimum atomic E-state index is -0.130. The quantitative estimate of drug-likeness (QED) is 0.167. The third-order valence-electron chi connectivity index (χ3n) is 7.29. The molecule has 2 aliphatic rings. The summed E-state index contributed by atoms with van der Waals surface area (Å²) in [7, 11) is 3.42. The van der Waals surface area contributed by atoms with Crippen molar-refractivity contribution in [1.82, 2.24) is 19.4 Å². The molecule has 4 aromatic rings. The average Bonchev–Trinajstić information content (AvgIpc) is 3.62. The molecule has 41 heavy (non-hydrogen) atoms. The molecule has 4 heterocycles. The van der Waals surface area contributed by atoms with E-state index in [-0.39, 0.29) is 30.9 Å². The standard InChI is InChI=1S/C30H31N7O4/c1-17-9-20-14-32-23-13-27(26(40-3)12-21(23)30(39)37(20)15-17)41-8-4-5-28(38)33-19-11-25(36(2)16-19)29-34-22-7-6-18(31)10-24(22)35-29/h6-7,10-14,16,20H,1,4-5,8-9,15,31H2,2-3H3,(H,33,38)(H,34,35). The molecule has 2 aromatic heterocycles. The first-order valence-corrected chi connectivity index (χ1v) is 13.4. The maximum Gasteiger partial charge on any atom is 0.257 e. The zero-order chi connectivity index (χ0) is 28.7. The number of H-pyrrole nitrogens is 1. The number of aryl methyl sites for hydroxylation is 1. The third kappa shape index (κ3) is 5.13. The summed E-state index contributed by atoms with van der Waals surface area (Å²) in [5.41, 5.74) is 11.7. The Balaban J connectivity index is 1.06. The van der Waals surface area contributed by atoms with E-state index in [0.717, 1.165) is 22.3 Å². The lowest BCUT2D eigenvalue weighted by Gasteiger charge is -2.20. The molecule has 11 heteroatoms. The van der Waals surface area contributed by atoms with E-state index in [2.05, 4.69) is 26.9 Å². The van der Waals surface area contributed by atoms with Crippen LogP contribution < -0.4 is 20.5 Å². The summed E-state index contributed by atoms with van der Waals surface area (Å²) in [5, 5.41) is 2.94. The maximum absolute atomic E-state index is 13.1. The van der Waals surface area contributed by atoms with Gasteiger partial charge >= 0.3 is 0 Å². The fourth-order valence-corrected chi connectivity index (χ4v) is 5.26. The van der Waals surface area contributed by atoms with Gasteiger partial charge in [-0.2, -0.15) is 0 Å². The van der Waals surface area contributed by atoms with Crippen LogP contribution in [-0.4, -0.2) is 63.8 Å². The second-order valence-corrected chi connectivity index (χ2v) is 10.3. The Morgan fingerprint density at radius 2 is 2.10 bits per heavy atom. The molecule has 0 bridgehead atoms. The molecule has 1 unspecified atom stereocenters. The lowest BCUT2D eigenvalue weighted by atomic mass is 10.1. The average molecular weight is 554 g/mol. The van der Waals surface area contributed by atoms with Crippen LogP contribution in [0.5, 0.6) is 11.5 Å². The van der Waals surface area contributed by atoms with Crippen molar-refractivity contribution in [3.63, 3.8) is 0 Å². The van der Waals surface area contributed by atoms with Crippen LogP contribution in [0.2, 0.25) is 0 Å². The Hall–Kier alpha value is -5.06. The van der Waals surface area contributed by atoms with E-state index < -0.39 is 0 Å². The van der Waals surface area contributed by atoms with Gasteiger partial charge in [0, 0.05) is 44.2 Å². The van der Waals surface area contributed by atoms with Gasteiger partial charge in [0.25, 0.3) is 5.91 Å². The van der Waals surface area contributed by atoms with Crippen LogP contribution in [0.4, 0.5) is 17.1 Å². The number of methoxy groups -OCH3 is 1. The Bertz CT molecular complexity index is 1720. The molecule has 11 nitrogen and oxygen atoms in total. The van der Waals surface area contributed by atoms with Crippen LogP contribution in [-0.2, 0) is 11.8 Å². The number of imidazole rings is 1. The zero-order valence-corrected chi connectivity index (χ0v) is 22.9. The van der Waals surface area contributed by atoms with Gasteiger partial charge in [0.2, 0.25) is 5.91 Å². The predicted octanol–water partition coefficient (Wildman–Crippen LogP) is 4.44. The van der Waals surface area contributed by atoms with Crippen molar-refractivity contribution >= 4 is 46.1 Å². The van der Waals surface area contributed by atoms with Gasteiger partial charge < -0.3 is 35.0 Å². The Labute approximate surface area is 236 Å². The molecule has 0 aliphatic carbocycles. The van der Waals surface area contributed by atoms with Gasteiger partial charge in [-0.1, -0.05) is 12.2 Å². The molecule has 210 valence electrons. The molecule has 2 aliphatic heterocycles. The number of nitrogen functional groups attached to an aromatic ring is 1. The number of aromatic amines is 1. The Morgan fingerprint density at radius 3 is 2.93 bits per heavy atom. The van der Waals surface area contributed by atoms with E-state index in [1.165, 1.54) is 7.11 Å². The summed E-state index contributed by atoms with van der Waals surface area (Å²) in [6.07, 6.45) is 5.09. The minimum Gasteiger partial charge on any atom is -0.493 e. The molecule has 6 rings (SSSR count). The normalized spacial score (nSPS) is 16.0. The maximum atomic E-state index is 13.1. The van der Waals surface area contributed by atoms with Crippen molar-refractivity contribution in [1.29, 1.82) is 0 Å². The number of anilines is 2. The number of carbonyl (C=O) groups is 2. The smallest absolute Gasteiger partial charge is 0.257 e. The highest BCUT2D eigenvalue weighted by Crippen LogP contribution is 2.38. The number of nitrogens with one attached hydrogen (secondary N) is 2. The highest BCUT2D eigenvalue weighted by atomic mass is 16.5. The van der Waals surface area contributed by atoms with Crippen molar-refractivity contribution in [2.75, 3.05) is 31.3 Å². The largest absolute Gasteiger partial charge is 0.493 e. The predicted molar refractivity (Wildman–Crippen MR) is 158 cm³/mol. The molecule has 1 saturated heterocycles. The number of ether oxygens (including phenoxy) is 2. The van der Waals surface area contributed by atoms with Crippen molar-refractivity contribution in [2.45, 2.75) is 25.3 Å². The van der Waals surface area contributed by atoms with Crippen LogP contribution in [0.3, 0.4) is 0 Å². The van der Waals surface area contributed by atoms with Crippen LogP contribution in [0, 0.1) is 0 Å². The molecule has 0 spiro atoms. The summed E-state index contributed by atoms with van der Waals surface area (Å²) in [6, 6.07) is 10.7. The van der Waals surface area contributed by atoms with Crippen molar-refractivity contribution in [2.24, 2.45) is 12.0 Å². The first-order valence-electron chi connectivity index (χ1n) is 13.4. The second-order valence-electron chi connectivity index (χ2n) is 10.3. The molecular formula is C30H31N7O4. The number of rotatable bonds is 8. The van der Waals surface area contributed by atoms with E-state index in [0.29, 0.717) is 59.3 Å². The number of nitrogens with two attached hydrogens (primary N) is 1. The van der Waals surface area contributed by atoms with E-state index in [1.54, 1.807) is 23.2 Å². The highest BCUT2D eigenvalue weighted by molar-refractivity contribution is 6.04. The van der Waals surface area contributed by atoms with Gasteiger partial charge in [-0.3, -0.25) is 14.6 Å². The van der Waals surface area contributed by atoms with Crippen molar-refractivity contribution in [3.05, 3.63) is 60.3 Å². The number of hydrogen-bond donors (Lipinski definition) is 3. The van der Waals surface area contributed by atoms with E-state index in [4.69, 9.17) is 15.2 Å². The van der Waals surface area contributed by atoms with Gasteiger partial charge in [0.15, 0.2) is 17.3 Å². The van der Waals surface area contributed by atoms with Gasteiger partial charge in [0.05, 0.1) is 53.4 Å². The van der Waals surface area contributed by atoms with Crippen molar-refractivity contribution < 1.29 is 19.1 Å². The summed E-state index contributed by atoms with van der Waals surface area (Å²) >= 11 is 0. The van der Waals surface area contributed by atoms with E-state index >= 15 is 0 Å². The summed E-state index contributed by atoms with van der Waals surface area (Å²) in [4.78, 5) is 40.0. The second kappa shape index (κ2) is 10.5. The zero-order valence-electron chi connectivity index (χ0n) is 22.9. The Kier molecular flexibility index (Phi) is 6.70. The topological polar surface area (TPSA) is 140 Å². The highest BCUT2D eigenvalue weighted by Gasteiger charge is 2.34. The lowest BCUT2D eigenvalue weighted by molar-refractivity contribution is -0.116. The first kappa shape index (κ1) is 26.2. The number of fused-ring (bicyclic) bond motifs is 3. The monoisotopic (exact) mass is 553 g/mol. The molecule has 2 amide bonds. The number of aliphatic imine (C=N–C) groups is 1. The van der Waals surface area contributed by atoms with Gasteiger partial charge in [-0.05, 0) is 43.2 Å². The summed E-state index contributed by atoms with van der Waals surface area (Å²) in [5.74, 6) is 1.38. The number of aromatic nitrogens is 3. The van der Waals surface area contributed by atoms with Gasteiger partial charge in [-0.25, -0.2) is 4.98 Å². The van der Waals surface area contributed by atoms with E-state index in [9.17, 15) is 9.59 Å². The van der Waals surface area contributed by atoms with Crippen molar-refractivity contribution in [3.8, 4) is 23.0 Å². The fourth-order valence-electron chi connectivity index (χ4n) is 5.26. The Morgan fingerprint density at radius 1 is 1.24 bits per heavy atom. The molecule has 1 atom stereocenters. The number of nitrogens with zero attached hydrogens (tertiary/aromatic N) is 4. The lowest BCUT2D eigenvalue weighted by Crippen LogP contribution is -2.35. The van der Waals surface area contributed by atoms with Gasteiger partial charge in [0.1, 0.15) is 0 Å². The molecule has 0 saturated carbocycles. The summed E-state index contributed by atoms with van der Waals surface area (Å²) < 4.78 is 13.4. The van der Waals surface area contributed by atoms with Crippen LogP contribution in [0.25, 0.3) is 22.6 Å². The third-order valence-corrected chi connectivity index (χ3v) is 7.29. The molecular weight excluding hydrogens is 522 g/mol. The molecule has 2 aromatic carbocycles. The number of amides is 2. The number of hydrogen-bond acceptors (Lipinski definition) is 7. The SMILES string of the molecule is C=C1CC2C=Nc3cc(OCCCC(=O)Nc4cc(-c5nc6ccc(N)cc6[nH]5)n(C)c4)c(OC)cc3C(=O)N2C1. The number of benzene rings is 2. The summed E-state index contributed by atoms with van der Waals surface area (Å²) in [6.45, 7) is 4.83. The molecule has 1 fully saturated rings. The van der Waals surface area contributed by atoms with Crippen LogP contribution >= 0.6 is 0 Å². The minimum absolute atomic E-state index is 0.0879. The molecule has 4 N–H and O–H groups in total.